The number of thioether (sulfide) groups is 1. The van der Waals surface area contributed by atoms with E-state index in [2.05, 4.69) is 15.5 Å². The largest absolute Gasteiger partial charge is 0.478 e. The van der Waals surface area contributed by atoms with E-state index in [1.807, 2.05) is 18.4 Å². The van der Waals surface area contributed by atoms with Gasteiger partial charge < -0.3 is 15.0 Å². The molecular weight excluding hydrogens is 316 g/mol. The molecule has 2 N–H and O–H groups in total. The van der Waals surface area contributed by atoms with Crippen LogP contribution >= 0.6 is 11.8 Å². The van der Waals surface area contributed by atoms with E-state index in [0.717, 1.165) is 5.56 Å². The fourth-order valence-electron chi connectivity index (χ4n) is 1.84. The van der Waals surface area contributed by atoms with Gasteiger partial charge in [-0.05, 0) is 31.5 Å². The summed E-state index contributed by atoms with van der Waals surface area (Å²) >= 11 is 1.33. The second kappa shape index (κ2) is 7.77. The number of carboxylic acids is 1. The number of benzene rings is 1. The first kappa shape index (κ1) is 17.0. The Hall–Kier alpha value is -2.35. The number of hydrogen-bond donors (Lipinski definition) is 2. The number of nitrogens with one attached hydrogen (secondary N) is 1. The lowest BCUT2D eigenvalue weighted by Gasteiger charge is -2.09. The summed E-state index contributed by atoms with van der Waals surface area (Å²) in [7, 11) is 0. The average molecular weight is 334 g/mol. The van der Waals surface area contributed by atoms with Gasteiger partial charge in [-0.15, -0.1) is 10.2 Å². The third kappa shape index (κ3) is 4.82. The van der Waals surface area contributed by atoms with Crippen LogP contribution in [0.25, 0.3) is 0 Å². The van der Waals surface area contributed by atoms with E-state index < -0.39 is 5.97 Å². The zero-order chi connectivity index (χ0) is 16.8. The van der Waals surface area contributed by atoms with Crippen molar-refractivity contribution in [1.82, 2.24) is 20.1 Å². The molecule has 0 bridgehead atoms. The van der Waals surface area contributed by atoms with Gasteiger partial charge in [-0.1, -0.05) is 23.9 Å². The molecule has 0 aliphatic carbocycles. The van der Waals surface area contributed by atoms with E-state index in [4.69, 9.17) is 5.11 Å². The van der Waals surface area contributed by atoms with E-state index in [1.165, 1.54) is 23.9 Å². The maximum Gasteiger partial charge on any atom is 0.335 e. The highest BCUT2D eigenvalue weighted by molar-refractivity contribution is 7.99. The van der Waals surface area contributed by atoms with Crippen molar-refractivity contribution in [3.8, 4) is 0 Å². The van der Waals surface area contributed by atoms with Crippen LogP contribution in [0.1, 0.15) is 35.8 Å². The van der Waals surface area contributed by atoms with Crippen molar-refractivity contribution >= 4 is 23.6 Å². The standard InChI is InChI=1S/C15H18N4O3S/c1-10(2)19-9-17-18-15(19)23-8-13(20)16-7-11-3-5-12(6-4-11)14(21)22/h3-6,9-10H,7-8H2,1-2H3,(H,16,20)(H,21,22). The number of carbonyl (C=O) groups excluding carboxylic acids is 1. The third-order valence-corrected chi connectivity index (χ3v) is 4.08. The Morgan fingerprint density at radius 1 is 1.30 bits per heavy atom. The van der Waals surface area contributed by atoms with Gasteiger partial charge >= 0.3 is 5.97 Å². The number of carboxylic acid groups (broad SMARTS) is 1. The van der Waals surface area contributed by atoms with Gasteiger partial charge in [-0.2, -0.15) is 0 Å². The second-order valence-corrected chi connectivity index (χ2v) is 6.12. The Morgan fingerprint density at radius 3 is 2.61 bits per heavy atom. The smallest absolute Gasteiger partial charge is 0.335 e. The minimum Gasteiger partial charge on any atom is -0.478 e. The molecule has 7 nitrogen and oxygen atoms in total. The summed E-state index contributed by atoms with van der Waals surface area (Å²) in [6.45, 7) is 4.40. The van der Waals surface area contributed by atoms with Crippen LogP contribution in [0.3, 0.4) is 0 Å². The van der Waals surface area contributed by atoms with Gasteiger partial charge in [-0.25, -0.2) is 4.79 Å². The first-order valence-electron chi connectivity index (χ1n) is 7.08. The maximum atomic E-state index is 11.9. The van der Waals surface area contributed by atoms with Crippen LogP contribution in [0.15, 0.2) is 35.7 Å². The fraction of sp³-hybridized carbons (Fsp3) is 0.333. The number of amides is 1. The molecule has 0 spiro atoms. The van der Waals surface area contributed by atoms with Gasteiger partial charge in [0.1, 0.15) is 6.33 Å². The van der Waals surface area contributed by atoms with Gasteiger partial charge in [0.05, 0.1) is 11.3 Å². The molecule has 8 heteroatoms. The quantitative estimate of drug-likeness (QED) is 0.751. The first-order chi connectivity index (χ1) is 11.0. The van der Waals surface area contributed by atoms with Crippen LogP contribution in [0.2, 0.25) is 0 Å². The van der Waals surface area contributed by atoms with Gasteiger partial charge in [0.25, 0.3) is 0 Å². The zero-order valence-corrected chi connectivity index (χ0v) is 13.7. The molecule has 0 fully saturated rings. The highest BCUT2D eigenvalue weighted by atomic mass is 32.2. The molecule has 1 amide bonds. The van der Waals surface area contributed by atoms with Crippen LogP contribution in [-0.4, -0.2) is 37.5 Å². The summed E-state index contributed by atoms with van der Waals surface area (Å²) < 4.78 is 1.91. The number of aromatic nitrogens is 3. The second-order valence-electron chi connectivity index (χ2n) is 5.18. The summed E-state index contributed by atoms with van der Waals surface area (Å²) in [6.07, 6.45) is 1.65. The van der Waals surface area contributed by atoms with Crippen molar-refractivity contribution in [2.24, 2.45) is 0 Å². The number of nitrogens with zero attached hydrogens (tertiary/aromatic N) is 3. The Labute approximate surface area is 138 Å². The van der Waals surface area contributed by atoms with Crippen LogP contribution in [0.4, 0.5) is 0 Å². The number of rotatable bonds is 7. The number of hydrogen-bond acceptors (Lipinski definition) is 5. The molecule has 2 rings (SSSR count). The molecule has 0 saturated carbocycles. The summed E-state index contributed by atoms with van der Waals surface area (Å²) in [5, 5.41) is 20.2. The average Bonchev–Trinajstić information content (AvgIpc) is 3.00. The van der Waals surface area contributed by atoms with Crippen molar-refractivity contribution < 1.29 is 14.7 Å². The lowest BCUT2D eigenvalue weighted by Crippen LogP contribution is -2.24. The molecule has 0 saturated heterocycles. The Balaban J connectivity index is 1.81. The first-order valence-corrected chi connectivity index (χ1v) is 8.07. The third-order valence-electron chi connectivity index (χ3n) is 3.12. The van der Waals surface area contributed by atoms with Crippen molar-refractivity contribution in [3.05, 3.63) is 41.7 Å². The number of aromatic carboxylic acids is 1. The predicted octanol–water partition coefficient (Wildman–Crippen LogP) is 1.97. The molecule has 0 aliphatic rings. The summed E-state index contributed by atoms with van der Waals surface area (Å²) in [6, 6.07) is 6.65. The molecule has 122 valence electrons. The fourth-order valence-corrected chi connectivity index (χ4v) is 2.71. The summed E-state index contributed by atoms with van der Waals surface area (Å²) in [5.41, 5.74) is 1.07. The van der Waals surface area contributed by atoms with E-state index in [-0.39, 0.29) is 23.3 Å². The molecule has 0 unspecified atom stereocenters. The van der Waals surface area contributed by atoms with E-state index in [0.29, 0.717) is 11.7 Å². The molecule has 1 aromatic heterocycles. The van der Waals surface area contributed by atoms with Crippen molar-refractivity contribution in [2.75, 3.05) is 5.75 Å². The normalized spacial score (nSPS) is 10.7. The summed E-state index contributed by atoms with van der Waals surface area (Å²) in [4.78, 5) is 22.7. The number of carbonyl (C=O) groups is 2. The molecule has 1 heterocycles. The maximum absolute atomic E-state index is 11.9. The molecule has 0 atom stereocenters. The molecular formula is C15H18N4O3S. The lowest BCUT2D eigenvalue weighted by atomic mass is 10.1. The van der Waals surface area contributed by atoms with Crippen LogP contribution < -0.4 is 5.32 Å². The van der Waals surface area contributed by atoms with Gasteiger partial charge in [-0.3, -0.25) is 4.79 Å². The highest BCUT2D eigenvalue weighted by Crippen LogP contribution is 2.18. The van der Waals surface area contributed by atoms with Crippen molar-refractivity contribution in [1.29, 1.82) is 0 Å². The van der Waals surface area contributed by atoms with E-state index in [9.17, 15) is 9.59 Å². The summed E-state index contributed by atoms with van der Waals surface area (Å²) in [5.74, 6) is -0.833. The predicted molar refractivity (Wildman–Crippen MR) is 86.4 cm³/mol. The molecule has 0 aliphatic heterocycles. The van der Waals surface area contributed by atoms with E-state index >= 15 is 0 Å². The molecule has 23 heavy (non-hydrogen) atoms. The van der Waals surface area contributed by atoms with E-state index in [1.54, 1.807) is 18.5 Å². The Morgan fingerprint density at radius 2 is 2.00 bits per heavy atom. The monoisotopic (exact) mass is 334 g/mol. The molecule has 1 aromatic carbocycles. The molecule has 2 aromatic rings. The highest BCUT2D eigenvalue weighted by Gasteiger charge is 2.10. The molecule has 0 radical (unpaired) electrons. The Bertz CT molecular complexity index is 682. The van der Waals surface area contributed by atoms with Crippen LogP contribution in [0.5, 0.6) is 0 Å². The lowest BCUT2D eigenvalue weighted by molar-refractivity contribution is -0.118. The SMILES string of the molecule is CC(C)n1cnnc1SCC(=O)NCc1ccc(C(=O)O)cc1. The van der Waals surface area contributed by atoms with Gasteiger partial charge in [0, 0.05) is 12.6 Å². The van der Waals surface area contributed by atoms with Crippen LogP contribution in [-0.2, 0) is 11.3 Å². The van der Waals surface area contributed by atoms with Crippen molar-refractivity contribution in [3.63, 3.8) is 0 Å². The zero-order valence-electron chi connectivity index (χ0n) is 12.9. The van der Waals surface area contributed by atoms with Crippen molar-refractivity contribution in [2.45, 2.75) is 31.6 Å². The minimum atomic E-state index is -0.966. The van der Waals surface area contributed by atoms with Crippen LogP contribution in [0, 0.1) is 0 Å². The Kier molecular flexibility index (Phi) is 5.75. The topological polar surface area (TPSA) is 97.1 Å². The van der Waals surface area contributed by atoms with Gasteiger partial charge in [0.2, 0.25) is 5.91 Å². The minimum absolute atomic E-state index is 0.115. The van der Waals surface area contributed by atoms with Gasteiger partial charge in [0.15, 0.2) is 5.16 Å².